The van der Waals surface area contributed by atoms with Gasteiger partial charge in [-0.2, -0.15) is 0 Å². The van der Waals surface area contributed by atoms with E-state index in [0.29, 0.717) is 28.1 Å². The normalized spacial score (nSPS) is 13.8. The summed E-state index contributed by atoms with van der Waals surface area (Å²) in [5, 5.41) is 3.35. The van der Waals surface area contributed by atoms with Crippen LogP contribution in [0.5, 0.6) is 11.5 Å². The predicted octanol–water partition coefficient (Wildman–Crippen LogP) is 6.65. The number of rotatable bonds is 8. The molecule has 188 valence electrons. The molecule has 1 aliphatic heterocycles. The molecule has 0 unspecified atom stereocenters. The summed E-state index contributed by atoms with van der Waals surface area (Å²) in [7, 11) is 1.57. The van der Waals surface area contributed by atoms with Gasteiger partial charge in [-0.05, 0) is 61.1 Å². The van der Waals surface area contributed by atoms with Gasteiger partial charge in [0, 0.05) is 18.7 Å². The molecular weight excluding hydrogens is 515 g/mol. The van der Waals surface area contributed by atoms with Crippen LogP contribution in [0.4, 0.5) is 5.69 Å². The fraction of sp³-hybridized carbons (Fsp3) is 0.286. The fourth-order valence-electron chi connectivity index (χ4n) is 4.32. The average Bonchev–Trinajstić information content (AvgIpc) is 2.90. The second-order valence-electron chi connectivity index (χ2n) is 8.73. The maximum absolute atomic E-state index is 12.4. The molecular formula is C28H28Cl2N2O3S. The molecule has 1 saturated heterocycles. The van der Waals surface area contributed by atoms with Crippen molar-refractivity contribution in [1.29, 1.82) is 0 Å². The number of thiocarbonyl (C=S) groups is 1. The summed E-state index contributed by atoms with van der Waals surface area (Å²) < 4.78 is 11.2. The Bertz CT molecular complexity index is 1210. The van der Waals surface area contributed by atoms with Gasteiger partial charge in [0.05, 0.1) is 22.8 Å². The van der Waals surface area contributed by atoms with Gasteiger partial charge in [-0.15, -0.1) is 0 Å². The van der Waals surface area contributed by atoms with Crippen molar-refractivity contribution >= 4 is 52.0 Å². The Morgan fingerprint density at radius 3 is 2.50 bits per heavy atom. The van der Waals surface area contributed by atoms with E-state index >= 15 is 0 Å². The van der Waals surface area contributed by atoms with E-state index in [2.05, 4.69) is 40.5 Å². The van der Waals surface area contributed by atoms with Crippen molar-refractivity contribution in [1.82, 2.24) is 4.90 Å². The second-order valence-corrected chi connectivity index (χ2v) is 9.90. The maximum atomic E-state index is 12.4. The number of carbonyl (C=O) groups is 1. The molecule has 5 nitrogen and oxygen atoms in total. The molecule has 0 atom stereocenters. The van der Waals surface area contributed by atoms with Gasteiger partial charge in [0.25, 0.3) is 5.91 Å². The lowest BCUT2D eigenvalue weighted by Gasteiger charge is -2.34. The highest BCUT2D eigenvalue weighted by atomic mass is 35.5. The number of methoxy groups -OCH3 is 1. The number of nitrogens with one attached hydrogen (secondary N) is 1. The van der Waals surface area contributed by atoms with Gasteiger partial charge in [0.1, 0.15) is 4.99 Å². The van der Waals surface area contributed by atoms with Crippen molar-refractivity contribution in [2.45, 2.75) is 19.3 Å². The van der Waals surface area contributed by atoms with Crippen molar-refractivity contribution in [3.8, 4) is 11.5 Å². The first-order valence-electron chi connectivity index (χ1n) is 11.8. The molecule has 1 aliphatic rings. The third-order valence-electron chi connectivity index (χ3n) is 6.26. The molecule has 0 bridgehead atoms. The Morgan fingerprint density at radius 1 is 1.03 bits per heavy atom. The van der Waals surface area contributed by atoms with Gasteiger partial charge in [0.2, 0.25) is 0 Å². The minimum absolute atomic E-state index is 0.210. The molecule has 8 heteroatoms. The van der Waals surface area contributed by atoms with E-state index in [1.165, 1.54) is 5.56 Å². The second kappa shape index (κ2) is 12.4. The molecule has 1 fully saturated rings. The summed E-state index contributed by atoms with van der Waals surface area (Å²) in [6, 6.07) is 21.2. The highest BCUT2D eigenvalue weighted by Crippen LogP contribution is 2.31. The number of hydrogen-bond acceptors (Lipinski definition) is 4. The first-order chi connectivity index (χ1) is 17.4. The van der Waals surface area contributed by atoms with Crippen LogP contribution in [0.3, 0.4) is 0 Å². The van der Waals surface area contributed by atoms with Crippen LogP contribution in [0.1, 0.15) is 24.0 Å². The number of carbonyl (C=O) groups excluding carboxylic acids is 1. The third kappa shape index (κ3) is 6.69. The van der Waals surface area contributed by atoms with E-state index in [1.54, 1.807) is 31.4 Å². The smallest absolute Gasteiger partial charge is 0.262 e. The highest BCUT2D eigenvalue weighted by Gasteiger charge is 2.22. The Hall–Kier alpha value is -2.80. The summed E-state index contributed by atoms with van der Waals surface area (Å²) in [5.41, 5.74) is 2.71. The highest BCUT2D eigenvalue weighted by molar-refractivity contribution is 7.80. The molecule has 0 saturated carbocycles. The van der Waals surface area contributed by atoms with E-state index in [-0.39, 0.29) is 17.5 Å². The number of halogens is 2. The Morgan fingerprint density at radius 2 is 1.78 bits per heavy atom. The number of anilines is 1. The van der Waals surface area contributed by atoms with Gasteiger partial charge in [0.15, 0.2) is 18.1 Å². The van der Waals surface area contributed by atoms with E-state index in [1.807, 2.05) is 12.1 Å². The molecule has 0 aromatic heterocycles. The summed E-state index contributed by atoms with van der Waals surface area (Å²) in [6.07, 6.45) is 3.33. The summed E-state index contributed by atoms with van der Waals surface area (Å²) in [4.78, 5) is 15.4. The SMILES string of the molecule is COc1cc(C(=S)N2CCC(Cc3ccccc3)CC2)ccc1OCC(=O)Nc1cccc(Cl)c1Cl. The first kappa shape index (κ1) is 26.3. The van der Waals surface area contributed by atoms with Crippen molar-refractivity contribution < 1.29 is 14.3 Å². The predicted molar refractivity (Wildman–Crippen MR) is 150 cm³/mol. The monoisotopic (exact) mass is 542 g/mol. The first-order valence-corrected chi connectivity index (χ1v) is 13.0. The summed E-state index contributed by atoms with van der Waals surface area (Å²) in [5.74, 6) is 1.28. The van der Waals surface area contributed by atoms with Crippen LogP contribution in [0.25, 0.3) is 0 Å². The molecule has 0 spiro atoms. The maximum Gasteiger partial charge on any atom is 0.262 e. The molecule has 0 aliphatic carbocycles. The number of nitrogens with zero attached hydrogens (tertiary/aromatic N) is 1. The minimum atomic E-state index is -0.362. The number of hydrogen-bond donors (Lipinski definition) is 1. The quantitative estimate of drug-likeness (QED) is 0.323. The zero-order valence-electron chi connectivity index (χ0n) is 20.0. The summed E-state index contributed by atoms with van der Waals surface area (Å²) >= 11 is 17.9. The van der Waals surface area contributed by atoms with E-state index in [0.717, 1.165) is 42.9 Å². The third-order valence-corrected chi connectivity index (χ3v) is 7.58. The van der Waals surface area contributed by atoms with Gasteiger partial charge >= 0.3 is 0 Å². The molecule has 36 heavy (non-hydrogen) atoms. The van der Waals surface area contributed by atoms with Crippen molar-refractivity contribution in [2.24, 2.45) is 5.92 Å². The molecule has 3 aromatic carbocycles. The van der Waals surface area contributed by atoms with Gasteiger partial charge in [-0.1, -0.05) is 71.8 Å². The fourth-order valence-corrected chi connectivity index (χ4v) is 4.98. The number of ether oxygens (including phenoxy) is 2. The number of piperidine rings is 1. The Balaban J connectivity index is 1.32. The van der Waals surface area contributed by atoms with Gasteiger partial charge in [-0.25, -0.2) is 0 Å². The van der Waals surface area contributed by atoms with E-state index in [4.69, 9.17) is 44.9 Å². The van der Waals surface area contributed by atoms with Crippen LogP contribution in [0.15, 0.2) is 66.7 Å². The lowest BCUT2D eigenvalue weighted by atomic mass is 9.90. The van der Waals surface area contributed by atoms with Gasteiger partial charge < -0.3 is 19.7 Å². The number of benzene rings is 3. The van der Waals surface area contributed by atoms with Crippen LogP contribution < -0.4 is 14.8 Å². The van der Waals surface area contributed by atoms with E-state index in [9.17, 15) is 4.79 Å². The zero-order chi connectivity index (χ0) is 25.5. The molecule has 1 amide bonds. The van der Waals surface area contributed by atoms with Crippen LogP contribution in [-0.4, -0.2) is 42.6 Å². The molecule has 4 rings (SSSR count). The number of likely N-dealkylation sites (tertiary alicyclic amines) is 1. The van der Waals surface area contributed by atoms with Crippen molar-refractivity contribution in [2.75, 3.05) is 32.1 Å². The van der Waals surface area contributed by atoms with Gasteiger partial charge in [-0.3, -0.25) is 4.79 Å². The lowest BCUT2D eigenvalue weighted by Crippen LogP contribution is -2.38. The zero-order valence-corrected chi connectivity index (χ0v) is 22.3. The lowest BCUT2D eigenvalue weighted by molar-refractivity contribution is -0.118. The standard InChI is InChI=1S/C28H28Cl2N2O3S/c1-34-25-17-21(28(36)32-14-12-20(13-15-32)16-19-6-3-2-4-7-19)10-11-24(25)35-18-26(33)31-23-9-5-8-22(29)27(23)30/h2-11,17,20H,12-16,18H2,1H3,(H,31,33). The number of amides is 1. The molecule has 0 radical (unpaired) electrons. The van der Waals surface area contributed by atoms with Crippen LogP contribution in [0, 0.1) is 5.92 Å². The van der Waals surface area contributed by atoms with Crippen LogP contribution >= 0.6 is 35.4 Å². The van der Waals surface area contributed by atoms with Crippen LogP contribution in [-0.2, 0) is 11.2 Å². The topological polar surface area (TPSA) is 50.8 Å². The minimum Gasteiger partial charge on any atom is -0.493 e. The Labute approximate surface area is 227 Å². The Kier molecular flexibility index (Phi) is 9.08. The summed E-state index contributed by atoms with van der Waals surface area (Å²) in [6.45, 7) is 1.66. The molecule has 3 aromatic rings. The molecule has 1 N–H and O–H groups in total. The largest absolute Gasteiger partial charge is 0.493 e. The average molecular weight is 544 g/mol. The molecule has 1 heterocycles. The van der Waals surface area contributed by atoms with Crippen LogP contribution in [0.2, 0.25) is 10.0 Å². The van der Waals surface area contributed by atoms with Crippen molar-refractivity contribution in [3.05, 3.63) is 87.9 Å². The van der Waals surface area contributed by atoms with E-state index < -0.39 is 0 Å². The van der Waals surface area contributed by atoms with Crippen molar-refractivity contribution in [3.63, 3.8) is 0 Å².